The Labute approximate surface area is 103 Å². The monoisotopic (exact) mass is 241 g/mol. The Morgan fingerprint density at radius 1 is 1.38 bits per heavy atom. The summed E-state index contributed by atoms with van der Waals surface area (Å²) >= 11 is 5.88. The van der Waals surface area contributed by atoms with Crippen LogP contribution < -0.4 is 5.73 Å². The fourth-order valence-electron chi connectivity index (χ4n) is 1.27. The molecule has 0 spiro atoms. The van der Waals surface area contributed by atoms with Crippen molar-refractivity contribution in [3.63, 3.8) is 0 Å². The lowest BCUT2D eigenvalue weighted by molar-refractivity contribution is 0.0940. The van der Waals surface area contributed by atoms with E-state index in [0.717, 1.165) is 23.6 Å². The van der Waals surface area contributed by atoms with Crippen LogP contribution in [0.1, 0.15) is 25.8 Å². The highest BCUT2D eigenvalue weighted by Gasteiger charge is 2.14. The molecule has 2 N–H and O–H groups in total. The number of rotatable bonds is 6. The number of benzene rings is 1. The molecule has 0 aliphatic heterocycles. The molecule has 1 rings (SSSR count). The van der Waals surface area contributed by atoms with Crippen LogP contribution in [0.5, 0.6) is 0 Å². The Balaban J connectivity index is 2.26. The van der Waals surface area contributed by atoms with Gasteiger partial charge in [-0.2, -0.15) is 0 Å². The van der Waals surface area contributed by atoms with Crippen LogP contribution in [-0.2, 0) is 11.3 Å². The first kappa shape index (κ1) is 13.5. The van der Waals surface area contributed by atoms with Crippen LogP contribution in [0.2, 0.25) is 5.02 Å². The molecule has 0 aromatic heterocycles. The highest BCUT2D eigenvalue weighted by atomic mass is 35.5. The predicted molar refractivity (Wildman–Crippen MR) is 68.6 cm³/mol. The van der Waals surface area contributed by atoms with Gasteiger partial charge in [0.1, 0.15) is 0 Å². The second-order valence-corrected chi connectivity index (χ2v) is 5.24. The Morgan fingerprint density at radius 2 is 2.12 bits per heavy atom. The summed E-state index contributed by atoms with van der Waals surface area (Å²) in [7, 11) is 0. The van der Waals surface area contributed by atoms with Crippen LogP contribution in [-0.4, -0.2) is 13.2 Å². The summed E-state index contributed by atoms with van der Waals surface area (Å²) in [4.78, 5) is 0. The molecule has 0 fully saturated rings. The Morgan fingerprint density at radius 3 is 2.75 bits per heavy atom. The number of hydrogen-bond acceptors (Lipinski definition) is 2. The largest absolute Gasteiger partial charge is 0.377 e. The average molecular weight is 242 g/mol. The Kier molecular flexibility index (Phi) is 5.26. The topological polar surface area (TPSA) is 35.2 Å². The van der Waals surface area contributed by atoms with Crippen molar-refractivity contribution in [1.29, 1.82) is 0 Å². The van der Waals surface area contributed by atoms with Crippen LogP contribution >= 0.6 is 11.6 Å². The van der Waals surface area contributed by atoms with E-state index in [1.807, 2.05) is 24.3 Å². The summed E-state index contributed by atoms with van der Waals surface area (Å²) in [6.45, 7) is 6.33. The van der Waals surface area contributed by atoms with Crippen molar-refractivity contribution in [2.45, 2.75) is 26.9 Å². The average Bonchev–Trinajstić information content (AvgIpc) is 2.25. The van der Waals surface area contributed by atoms with E-state index in [2.05, 4.69) is 13.8 Å². The highest BCUT2D eigenvalue weighted by Crippen LogP contribution is 2.18. The molecular formula is C13H20ClNO. The van der Waals surface area contributed by atoms with Gasteiger partial charge in [-0.25, -0.2) is 0 Å². The molecule has 3 heteroatoms. The summed E-state index contributed by atoms with van der Waals surface area (Å²) in [5.41, 5.74) is 6.92. The summed E-state index contributed by atoms with van der Waals surface area (Å²) in [6.07, 6.45) is 0.976. The molecule has 0 aliphatic rings. The van der Waals surface area contributed by atoms with Crippen LogP contribution in [0.4, 0.5) is 0 Å². The third-order valence-corrected chi connectivity index (χ3v) is 2.87. The van der Waals surface area contributed by atoms with Crippen LogP contribution in [0.15, 0.2) is 24.3 Å². The zero-order chi connectivity index (χ0) is 12.0. The first-order valence-corrected chi connectivity index (χ1v) is 5.93. The molecule has 90 valence electrons. The van der Waals surface area contributed by atoms with E-state index >= 15 is 0 Å². The van der Waals surface area contributed by atoms with E-state index in [1.165, 1.54) is 0 Å². The van der Waals surface area contributed by atoms with Gasteiger partial charge in [0.15, 0.2) is 0 Å². The molecule has 1 aromatic carbocycles. The van der Waals surface area contributed by atoms with Gasteiger partial charge in [0.05, 0.1) is 6.61 Å². The van der Waals surface area contributed by atoms with Crippen molar-refractivity contribution >= 4 is 11.6 Å². The SMILES string of the molecule is CC(C)(CN)CCOCc1cccc(Cl)c1. The smallest absolute Gasteiger partial charge is 0.0717 e. The first-order chi connectivity index (χ1) is 7.53. The fraction of sp³-hybridized carbons (Fsp3) is 0.538. The molecule has 0 heterocycles. The van der Waals surface area contributed by atoms with Gasteiger partial charge in [0.2, 0.25) is 0 Å². The van der Waals surface area contributed by atoms with Crippen molar-refractivity contribution in [2.24, 2.45) is 11.1 Å². The maximum Gasteiger partial charge on any atom is 0.0717 e. The van der Waals surface area contributed by atoms with E-state index in [9.17, 15) is 0 Å². The van der Waals surface area contributed by atoms with E-state index in [0.29, 0.717) is 13.2 Å². The second kappa shape index (κ2) is 6.24. The molecule has 0 unspecified atom stereocenters. The van der Waals surface area contributed by atoms with Crippen molar-refractivity contribution in [2.75, 3.05) is 13.2 Å². The molecule has 0 amide bonds. The molecule has 0 aliphatic carbocycles. The van der Waals surface area contributed by atoms with Crippen molar-refractivity contribution in [1.82, 2.24) is 0 Å². The van der Waals surface area contributed by atoms with Crippen LogP contribution in [0.25, 0.3) is 0 Å². The maximum absolute atomic E-state index is 5.88. The van der Waals surface area contributed by atoms with Gasteiger partial charge in [-0.05, 0) is 36.1 Å². The van der Waals surface area contributed by atoms with Gasteiger partial charge in [-0.1, -0.05) is 37.6 Å². The predicted octanol–water partition coefficient (Wildman–Crippen LogP) is 3.23. The van der Waals surface area contributed by atoms with Crippen molar-refractivity contribution < 1.29 is 4.74 Å². The lowest BCUT2D eigenvalue weighted by atomic mass is 9.90. The molecule has 2 nitrogen and oxygen atoms in total. The lowest BCUT2D eigenvalue weighted by Crippen LogP contribution is -2.25. The molecule has 16 heavy (non-hydrogen) atoms. The van der Waals surface area contributed by atoms with Gasteiger partial charge in [0.25, 0.3) is 0 Å². The van der Waals surface area contributed by atoms with Gasteiger partial charge >= 0.3 is 0 Å². The minimum Gasteiger partial charge on any atom is -0.377 e. The van der Waals surface area contributed by atoms with Crippen LogP contribution in [0.3, 0.4) is 0 Å². The lowest BCUT2D eigenvalue weighted by Gasteiger charge is -2.21. The molecule has 1 aromatic rings. The quantitative estimate of drug-likeness (QED) is 0.777. The molecule has 0 atom stereocenters. The number of halogens is 1. The number of nitrogens with two attached hydrogens (primary N) is 1. The third kappa shape index (κ3) is 4.97. The van der Waals surface area contributed by atoms with E-state index in [-0.39, 0.29) is 5.41 Å². The van der Waals surface area contributed by atoms with E-state index in [1.54, 1.807) is 0 Å². The zero-order valence-corrected chi connectivity index (χ0v) is 10.8. The normalized spacial score (nSPS) is 11.8. The third-order valence-electron chi connectivity index (χ3n) is 2.63. The van der Waals surface area contributed by atoms with Gasteiger partial charge < -0.3 is 10.5 Å². The fourth-order valence-corrected chi connectivity index (χ4v) is 1.48. The Hall–Kier alpha value is -0.570. The molecule has 0 bridgehead atoms. The van der Waals surface area contributed by atoms with Crippen molar-refractivity contribution in [3.05, 3.63) is 34.9 Å². The minimum atomic E-state index is 0.161. The van der Waals surface area contributed by atoms with Gasteiger partial charge in [-0.3, -0.25) is 0 Å². The first-order valence-electron chi connectivity index (χ1n) is 5.56. The summed E-state index contributed by atoms with van der Waals surface area (Å²) in [5.74, 6) is 0. The standard InChI is InChI=1S/C13H20ClNO/c1-13(2,10-15)6-7-16-9-11-4-3-5-12(14)8-11/h3-5,8H,6-7,9-10,15H2,1-2H3. The molecular weight excluding hydrogens is 222 g/mol. The molecule has 0 saturated carbocycles. The zero-order valence-electron chi connectivity index (χ0n) is 10.0. The van der Waals surface area contributed by atoms with E-state index < -0.39 is 0 Å². The highest BCUT2D eigenvalue weighted by molar-refractivity contribution is 6.30. The van der Waals surface area contributed by atoms with Crippen molar-refractivity contribution in [3.8, 4) is 0 Å². The maximum atomic E-state index is 5.88. The molecule has 0 saturated heterocycles. The molecule has 0 radical (unpaired) electrons. The van der Waals surface area contributed by atoms with Crippen LogP contribution in [0, 0.1) is 5.41 Å². The number of hydrogen-bond donors (Lipinski definition) is 1. The van der Waals surface area contributed by atoms with Gasteiger partial charge in [0, 0.05) is 11.6 Å². The minimum absolute atomic E-state index is 0.161. The summed E-state index contributed by atoms with van der Waals surface area (Å²) < 4.78 is 5.60. The Bertz CT molecular complexity index is 325. The van der Waals surface area contributed by atoms with E-state index in [4.69, 9.17) is 22.1 Å². The van der Waals surface area contributed by atoms with Gasteiger partial charge in [-0.15, -0.1) is 0 Å². The summed E-state index contributed by atoms with van der Waals surface area (Å²) in [6, 6.07) is 7.74. The number of ether oxygens (including phenoxy) is 1. The second-order valence-electron chi connectivity index (χ2n) is 4.80. The summed E-state index contributed by atoms with van der Waals surface area (Å²) in [5, 5.41) is 0.753.